The van der Waals surface area contributed by atoms with Gasteiger partial charge in [-0.05, 0) is 0 Å². The maximum atomic E-state index is 13.4. The van der Waals surface area contributed by atoms with Crippen LogP contribution in [-0.4, -0.2) is 5.97 Å². The Hall–Kier alpha value is -1.49. The predicted molar refractivity (Wildman–Crippen MR) is 140 cm³/mol. The van der Waals surface area contributed by atoms with Crippen molar-refractivity contribution in [1.82, 2.24) is 0 Å². The van der Waals surface area contributed by atoms with Crippen molar-refractivity contribution in [2.75, 3.05) is 0 Å². The van der Waals surface area contributed by atoms with E-state index in [0.29, 0.717) is 11.3 Å². The summed E-state index contributed by atoms with van der Waals surface area (Å²) in [5.41, 5.74) is 8.79. The molecule has 3 rings (SSSR count). The first-order chi connectivity index (χ1) is 16.2. The molecule has 0 aliphatic carbocycles. The fourth-order valence-electron chi connectivity index (χ4n) is 4.44. The normalized spacial score (nSPS) is 11.1. The minimum Gasteiger partial charge on any atom is -1.00 e. The molecular formula is C31H37Cl3O3Ti. The van der Waals surface area contributed by atoms with E-state index in [1.54, 1.807) is 33.0 Å². The number of aryl methyl sites for hydroxylation is 2. The summed E-state index contributed by atoms with van der Waals surface area (Å²) in [5.74, 6) is 1.09. The van der Waals surface area contributed by atoms with Gasteiger partial charge in [-0.3, -0.25) is 0 Å². The van der Waals surface area contributed by atoms with Gasteiger partial charge in [-0.25, -0.2) is 0 Å². The molecule has 0 fully saturated rings. The standard InChI is InChI=1S/C31H38O3.3ClH.Ti/c1-18-16-23(30(5,6)7)27(32)25(20(18)3)26-21(4)19(2)17-24(31(8,9)10)28(26)34-29(33)22-14-12-11-13-15-22;;;;/h11-17,32H,1-10H3;3*1H;/q;;;;+4/p-4. The fraction of sp³-hybridized carbons (Fsp3) is 0.387. The van der Waals surface area contributed by atoms with E-state index in [4.69, 9.17) is 8.06 Å². The molecule has 7 heteroatoms. The second-order valence-electron chi connectivity index (χ2n) is 11.5. The number of hydrogen-bond donors (Lipinski definition) is 0. The van der Waals surface area contributed by atoms with Gasteiger partial charge in [0, 0.05) is 0 Å². The van der Waals surface area contributed by atoms with E-state index < -0.39 is 0 Å². The van der Waals surface area contributed by atoms with E-state index in [1.807, 2.05) is 18.2 Å². The topological polar surface area (TPSA) is 35.5 Å². The van der Waals surface area contributed by atoms with Crippen molar-refractivity contribution in [3.05, 3.63) is 81.4 Å². The van der Waals surface area contributed by atoms with Crippen LogP contribution < -0.4 is 45.3 Å². The van der Waals surface area contributed by atoms with Crippen molar-refractivity contribution < 1.29 is 70.9 Å². The Kier molecular flexibility index (Phi) is 13.2. The first kappa shape index (κ1) is 36.5. The van der Waals surface area contributed by atoms with Crippen molar-refractivity contribution in [3.8, 4) is 22.6 Å². The Bertz CT molecular complexity index is 1270. The summed E-state index contributed by atoms with van der Waals surface area (Å²) in [6.07, 6.45) is 0. The van der Waals surface area contributed by atoms with Crippen molar-refractivity contribution in [2.24, 2.45) is 0 Å². The summed E-state index contributed by atoms with van der Waals surface area (Å²) < 4.78 is 12.4. The van der Waals surface area contributed by atoms with Crippen LogP contribution in [0.4, 0.5) is 0 Å². The molecule has 0 aliphatic heterocycles. The maximum Gasteiger partial charge on any atom is -1.00 e. The van der Waals surface area contributed by atoms with E-state index in [0.717, 1.165) is 44.7 Å². The molecule has 3 aromatic carbocycles. The number of benzene rings is 3. The molecule has 0 heterocycles. The molecule has 0 unspecified atom stereocenters. The SMILES string of the molecule is Cc1cc(C(C)(C)C)c([O][Ti+3])c(-c2c(C)c(C)cc(C(C)(C)C)c2OC(=O)c2ccccc2)c1C.[Cl-].[Cl-].[Cl-]. The number of hydrogen-bond acceptors (Lipinski definition) is 3. The zero-order valence-corrected chi connectivity index (χ0v) is 27.7. The number of carbonyl (C=O) groups is 1. The van der Waals surface area contributed by atoms with Gasteiger partial charge in [0.2, 0.25) is 0 Å². The van der Waals surface area contributed by atoms with Crippen LogP contribution in [0.3, 0.4) is 0 Å². The zero-order chi connectivity index (χ0) is 26.3. The molecule has 0 spiro atoms. The third-order valence-electron chi connectivity index (χ3n) is 6.77. The van der Waals surface area contributed by atoms with Gasteiger partial charge >= 0.3 is 224 Å². The Labute approximate surface area is 259 Å². The smallest absolute Gasteiger partial charge is 1.00 e. The Morgan fingerprint density at radius 1 is 0.684 bits per heavy atom. The molecule has 0 N–H and O–H groups in total. The number of halogens is 3. The molecule has 3 aromatic rings. The summed E-state index contributed by atoms with van der Waals surface area (Å²) in [7, 11) is 0. The van der Waals surface area contributed by atoms with Crippen molar-refractivity contribution in [3.63, 3.8) is 0 Å². The number of ether oxygens (including phenoxy) is 1. The van der Waals surface area contributed by atoms with E-state index in [1.165, 1.54) is 5.56 Å². The molecule has 0 amide bonds. The Morgan fingerprint density at radius 2 is 1.08 bits per heavy atom. The van der Waals surface area contributed by atoms with Gasteiger partial charge < -0.3 is 37.2 Å². The molecular weight excluding hydrogens is 575 g/mol. The van der Waals surface area contributed by atoms with E-state index >= 15 is 0 Å². The van der Waals surface area contributed by atoms with Gasteiger partial charge in [-0.15, -0.1) is 0 Å². The van der Waals surface area contributed by atoms with Crippen LogP contribution in [-0.2, 0) is 31.7 Å². The monoisotopic (exact) mass is 610 g/mol. The van der Waals surface area contributed by atoms with Crippen LogP contribution in [0.1, 0.15) is 85.3 Å². The van der Waals surface area contributed by atoms with Gasteiger partial charge in [0.1, 0.15) is 0 Å². The molecule has 0 saturated heterocycles. The maximum absolute atomic E-state index is 13.4. The first-order valence-corrected chi connectivity index (χ1v) is 12.7. The molecule has 0 saturated carbocycles. The number of esters is 1. The molecule has 0 atom stereocenters. The van der Waals surface area contributed by atoms with Crippen LogP contribution >= 0.6 is 0 Å². The predicted octanol–water partition coefficient (Wildman–Crippen LogP) is -0.746. The summed E-state index contributed by atoms with van der Waals surface area (Å²) in [6.45, 7) is 21.6. The third-order valence-corrected chi connectivity index (χ3v) is 7.09. The molecule has 0 radical (unpaired) electrons. The van der Waals surface area contributed by atoms with Gasteiger partial charge in [0.15, 0.2) is 0 Å². The van der Waals surface area contributed by atoms with Crippen molar-refractivity contribution in [2.45, 2.75) is 80.1 Å². The second-order valence-corrected chi connectivity index (χ2v) is 11.8. The molecule has 0 bridgehead atoms. The molecule has 204 valence electrons. The second kappa shape index (κ2) is 13.7. The van der Waals surface area contributed by atoms with Crippen LogP contribution in [0.5, 0.6) is 11.5 Å². The zero-order valence-electron chi connectivity index (χ0n) is 23.9. The molecule has 0 aliphatic rings. The van der Waals surface area contributed by atoms with Crippen LogP contribution in [0.15, 0.2) is 42.5 Å². The third kappa shape index (κ3) is 7.37. The molecule has 0 aromatic heterocycles. The van der Waals surface area contributed by atoms with Gasteiger partial charge in [-0.2, -0.15) is 0 Å². The molecule has 3 nitrogen and oxygen atoms in total. The van der Waals surface area contributed by atoms with Crippen LogP contribution in [0.25, 0.3) is 11.1 Å². The summed E-state index contributed by atoms with van der Waals surface area (Å²) >= 11 is 1.73. The van der Waals surface area contributed by atoms with E-state index in [9.17, 15) is 4.79 Å². The molecule has 38 heavy (non-hydrogen) atoms. The average Bonchev–Trinajstić information content (AvgIpc) is 2.77. The van der Waals surface area contributed by atoms with Crippen molar-refractivity contribution in [1.29, 1.82) is 0 Å². The van der Waals surface area contributed by atoms with Gasteiger partial charge in [0.05, 0.1) is 0 Å². The van der Waals surface area contributed by atoms with Gasteiger partial charge in [-0.1, -0.05) is 0 Å². The van der Waals surface area contributed by atoms with Crippen molar-refractivity contribution >= 4 is 5.97 Å². The fourth-order valence-corrected chi connectivity index (χ4v) is 4.77. The quantitative estimate of drug-likeness (QED) is 0.222. The Morgan fingerprint density at radius 3 is 1.47 bits per heavy atom. The number of rotatable bonds is 4. The number of carbonyl (C=O) groups excluding carboxylic acids is 1. The minimum absolute atomic E-state index is 0. The van der Waals surface area contributed by atoms with Crippen LogP contribution in [0, 0.1) is 27.7 Å². The summed E-state index contributed by atoms with van der Waals surface area (Å²) in [5, 5.41) is 0. The first-order valence-electron chi connectivity index (χ1n) is 12.1. The summed E-state index contributed by atoms with van der Waals surface area (Å²) in [4.78, 5) is 13.4. The van der Waals surface area contributed by atoms with E-state index in [2.05, 4.69) is 81.4 Å². The minimum atomic E-state index is -0.360. The van der Waals surface area contributed by atoms with Gasteiger partial charge in [0.25, 0.3) is 0 Å². The van der Waals surface area contributed by atoms with E-state index in [-0.39, 0.29) is 54.0 Å². The average molecular weight is 612 g/mol. The van der Waals surface area contributed by atoms with Crippen LogP contribution in [0.2, 0.25) is 0 Å². The summed E-state index contributed by atoms with van der Waals surface area (Å²) in [6, 6.07) is 13.6. The largest absolute Gasteiger partial charge is 1.00 e. The Balaban J connectivity index is 0.00000456.